The van der Waals surface area contributed by atoms with Crippen molar-refractivity contribution in [2.24, 2.45) is 5.92 Å². The van der Waals surface area contributed by atoms with E-state index in [4.69, 9.17) is 0 Å². The van der Waals surface area contributed by atoms with Crippen LogP contribution in [-0.2, 0) is 14.6 Å². The van der Waals surface area contributed by atoms with Crippen LogP contribution in [0.25, 0.3) is 0 Å². The zero-order chi connectivity index (χ0) is 14.4. The van der Waals surface area contributed by atoms with Crippen molar-refractivity contribution in [2.75, 3.05) is 0 Å². The molecule has 2 rings (SSSR count). The molecule has 1 aromatic carbocycles. The van der Waals surface area contributed by atoms with Crippen molar-refractivity contribution in [2.45, 2.75) is 43.3 Å². The number of sulfone groups is 1. The Balaban J connectivity index is 2.60. The van der Waals surface area contributed by atoms with Crippen LogP contribution in [0.4, 0.5) is 0 Å². The van der Waals surface area contributed by atoms with Gasteiger partial charge in [0.2, 0.25) is 0 Å². The summed E-state index contributed by atoms with van der Waals surface area (Å²) in [7, 11) is -3.84. The number of aliphatic carboxylic acids is 1. The second-order valence-corrected chi connectivity index (χ2v) is 7.45. The predicted octanol–water partition coefficient (Wildman–Crippen LogP) is 2.33. The number of carboxylic acids is 1. The SMILES string of the molecule is CCC1CC1(C(=O)O)S(=O)(=O)c1cc(C)ccc1C. The van der Waals surface area contributed by atoms with Gasteiger partial charge in [-0.05, 0) is 43.4 Å². The first-order chi connectivity index (χ1) is 8.77. The molecule has 1 fully saturated rings. The molecule has 0 bridgehead atoms. The molecular weight excluding hydrogens is 264 g/mol. The summed E-state index contributed by atoms with van der Waals surface area (Å²) in [5, 5.41) is 9.38. The van der Waals surface area contributed by atoms with Gasteiger partial charge in [0.1, 0.15) is 0 Å². The normalized spacial score (nSPS) is 26.2. The van der Waals surface area contributed by atoms with E-state index < -0.39 is 20.6 Å². The smallest absolute Gasteiger partial charge is 0.325 e. The van der Waals surface area contributed by atoms with Crippen LogP contribution < -0.4 is 0 Å². The molecule has 1 aliphatic rings. The molecule has 0 heterocycles. The molecular formula is C14H18O4S. The quantitative estimate of drug-likeness (QED) is 0.920. The maximum absolute atomic E-state index is 12.7. The largest absolute Gasteiger partial charge is 0.480 e. The van der Waals surface area contributed by atoms with Crippen LogP contribution in [-0.4, -0.2) is 24.2 Å². The first-order valence-corrected chi connectivity index (χ1v) is 7.81. The van der Waals surface area contributed by atoms with E-state index >= 15 is 0 Å². The van der Waals surface area contributed by atoms with E-state index in [9.17, 15) is 18.3 Å². The molecule has 0 aliphatic heterocycles. The summed E-state index contributed by atoms with van der Waals surface area (Å²) >= 11 is 0. The van der Waals surface area contributed by atoms with Gasteiger partial charge < -0.3 is 5.11 Å². The van der Waals surface area contributed by atoms with Crippen LogP contribution in [0.5, 0.6) is 0 Å². The predicted molar refractivity (Wildman–Crippen MR) is 71.9 cm³/mol. The highest BCUT2D eigenvalue weighted by atomic mass is 32.2. The lowest BCUT2D eigenvalue weighted by Crippen LogP contribution is -2.35. The third-order valence-corrected chi connectivity index (χ3v) is 6.67. The molecule has 1 saturated carbocycles. The average Bonchev–Trinajstić information content (AvgIpc) is 3.08. The first-order valence-electron chi connectivity index (χ1n) is 6.32. The van der Waals surface area contributed by atoms with Crippen LogP contribution in [0.2, 0.25) is 0 Å². The van der Waals surface area contributed by atoms with Crippen molar-refractivity contribution in [3.8, 4) is 0 Å². The fraction of sp³-hybridized carbons (Fsp3) is 0.500. The third kappa shape index (κ3) is 1.87. The highest BCUT2D eigenvalue weighted by Gasteiger charge is 2.69. The van der Waals surface area contributed by atoms with Crippen molar-refractivity contribution in [1.82, 2.24) is 0 Å². The van der Waals surface area contributed by atoms with Crippen molar-refractivity contribution in [1.29, 1.82) is 0 Å². The lowest BCUT2D eigenvalue weighted by atomic mass is 10.2. The van der Waals surface area contributed by atoms with Gasteiger partial charge in [0.15, 0.2) is 14.6 Å². The monoisotopic (exact) mass is 282 g/mol. The van der Waals surface area contributed by atoms with Gasteiger partial charge in [0.25, 0.3) is 0 Å². The molecule has 2 unspecified atom stereocenters. The second kappa shape index (κ2) is 4.34. The maximum Gasteiger partial charge on any atom is 0.325 e. The average molecular weight is 282 g/mol. The number of rotatable bonds is 4. The minimum absolute atomic E-state index is 0.158. The van der Waals surface area contributed by atoms with Crippen LogP contribution in [0, 0.1) is 19.8 Å². The highest BCUT2D eigenvalue weighted by Crippen LogP contribution is 2.54. The Bertz CT molecular complexity index is 633. The van der Waals surface area contributed by atoms with Gasteiger partial charge in [-0.2, -0.15) is 0 Å². The van der Waals surface area contributed by atoms with Crippen LogP contribution in [0.1, 0.15) is 30.9 Å². The number of hydrogen-bond acceptors (Lipinski definition) is 3. The zero-order valence-electron chi connectivity index (χ0n) is 11.3. The molecule has 5 heteroatoms. The molecule has 1 N–H and O–H groups in total. The Morgan fingerprint density at radius 1 is 1.42 bits per heavy atom. The molecule has 0 spiro atoms. The Morgan fingerprint density at radius 3 is 2.53 bits per heavy atom. The summed E-state index contributed by atoms with van der Waals surface area (Å²) < 4.78 is 23.8. The minimum Gasteiger partial charge on any atom is -0.480 e. The fourth-order valence-corrected chi connectivity index (χ4v) is 5.16. The number of hydrogen-bond donors (Lipinski definition) is 1. The van der Waals surface area contributed by atoms with Gasteiger partial charge in [0.05, 0.1) is 4.90 Å². The van der Waals surface area contributed by atoms with Gasteiger partial charge >= 0.3 is 5.97 Å². The minimum atomic E-state index is -3.84. The van der Waals surface area contributed by atoms with Crippen molar-refractivity contribution >= 4 is 15.8 Å². The van der Waals surface area contributed by atoms with E-state index in [1.807, 2.05) is 13.0 Å². The fourth-order valence-electron chi connectivity index (χ4n) is 2.68. The lowest BCUT2D eigenvalue weighted by Gasteiger charge is -2.16. The van der Waals surface area contributed by atoms with E-state index in [2.05, 4.69) is 0 Å². The summed E-state index contributed by atoms with van der Waals surface area (Å²) in [6, 6.07) is 5.12. The molecule has 0 amide bonds. The Hall–Kier alpha value is -1.36. The third-order valence-electron chi connectivity index (χ3n) is 4.02. The Labute approximate surface area is 113 Å². The van der Waals surface area contributed by atoms with Gasteiger partial charge in [-0.25, -0.2) is 8.42 Å². The van der Waals surface area contributed by atoms with Crippen molar-refractivity contribution in [3.05, 3.63) is 29.3 Å². The number of carbonyl (C=O) groups is 1. The summed E-state index contributed by atoms with van der Waals surface area (Å²) in [5.41, 5.74) is 1.42. The molecule has 0 radical (unpaired) electrons. The first kappa shape index (κ1) is 14.1. The molecule has 4 nitrogen and oxygen atoms in total. The summed E-state index contributed by atoms with van der Waals surface area (Å²) in [6.45, 7) is 5.33. The van der Waals surface area contributed by atoms with E-state index in [-0.39, 0.29) is 17.2 Å². The summed E-state index contributed by atoms with van der Waals surface area (Å²) in [4.78, 5) is 11.6. The Kier molecular flexibility index (Phi) is 3.21. The van der Waals surface area contributed by atoms with E-state index in [1.165, 1.54) is 0 Å². The van der Waals surface area contributed by atoms with Gasteiger partial charge in [-0.15, -0.1) is 0 Å². The molecule has 19 heavy (non-hydrogen) atoms. The number of benzene rings is 1. The van der Waals surface area contributed by atoms with Gasteiger partial charge in [-0.1, -0.05) is 25.5 Å². The summed E-state index contributed by atoms with van der Waals surface area (Å²) in [5.74, 6) is -1.50. The summed E-state index contributed by atoms with van der Waals surface area (Å²) in [6.07, 6.45) is 0.783. The van der Waals surface area contributed by atoms with Gasteiger partial charge in [0, 0.05) is 0 Å². The molecule has 104 valence electrons. The lowest BCUT2D eigenvalue weighted by molar-refractivity contribution is -0.137. The Morgan fingerprint density at radius 2 is 2.05 bits per heavy atom. The van der Waals surface area contributed by atoms with Crippen LogP contribution >= 0.6 is 0 Å². The number of carboxylic acid groups (broad SMARTS) is 1. The topological polar surface area (TPSA) is 71.4 Å². The highest BCUT2D eigenvalue weighted by molar-refractivity contribution is 7.94. The number of aryl methyl sites for hydroxylation is 2. The molecule has 1 aliphatic carbocycles. The second-order valence-electron chi connectivity index (χ2n) is 5.28. The van der Waals surface area contributed by atoms with Gasteiger partial charge in [-0.3, -0.25) is 4.79 Å². The van der Waals surface area contributed by atoms with Crippen molar-refractivity contribution in [3.63, 3.8) is 0 Å². The van der Waals surface area contributed by atoms with Crippen molar-refractivity contribution < 1.29 is 18.3 Å². The standard InChI is InChI=1S/C14H18O4S/c1-4-11-8-14(11,13(15)16)19(17,18)12-7-9(2)5-6-10(12)3/h5-7,11H,4,8H2,1-3H3,(H,15,16). The molecule has 0 aromatic heterocycles. The molecule has 0 saturated heterocycles. The molecule has 2 atom stereocenters. The van der Waals surface area contributed by atoms with E-state index in [1.54, 1.807) is 26.0 Å². The zero-order valence-corrected chi connectivity index (χ0v) is 12.1. The van der Waals surface area contributed by atoms with E-state index in [0.29, 0.717) is 12.0 Å². The molecule has 1 aromatic rings. The van der Waals surface area contributed by atoms with Crippen LogP contribution in [0.15, 0.2) is 23.1 Å². The van der Waals surface area contributed by atoms with E-state index in [0.717, 1.165) is 5.56 Å². The van der Waals surface area contributed by atoms with Crippen LogP contribution in [0.3, 0.4) is 0 Å². The maximum atomic E-state index is 12.7.